The lowest BCUT2D eigenvalue weighted by molar-refractivity contribution is -0.904. The summed E-state index contributed by atoms with van der Waals surface area (Å²) in [5.41, 5.74) is 2.85. The summed E-state index contributed by atoms with van der Waals surface area (Å²) in [6.07, 6.45) is 3.90. The molecule has 11 nitrogen and oxygen atoms in total. The Balaban J connectivity index is 0.00000400. The van der Waals surface area contributed by atoms with Crippen LogP contribution in [0.2, 0.25) is 0 Å². The van der Waals surface area contributed by atoms with Crippen molar-refractivity contribution in [3.8, 4) is 0 Å². The number of fused-ring (bicyclic) bond motifs is 1. The van der Waals surface area contributed by atoms with Crippen molar-refractivity contribution in [3.05, 3.63) is 75.4 Å². The van der Waals surface area contributed by atoms with Crippen LogP contribution < -0.4 is 27.6 Å². The summed E-state index contributed by atoms with van der Waals surface area (Å²) in [5.74, 6) is 0.409. The van der Waals surface area contributed by atoms with Crippen LogP contribution in [0.15, 0.2) is 59.6 Å². The van der Waals surface area contributed by atoms with Gasteiger partial charge in [-0.2, -0.15) is 0 Å². The van der Waals surface area contributed by atoms with Crippen LogP contribution in [-0.4, -0.2) is 55.5 Å². The van der Waals surface area contributed by atoms with E-state index < -0.39 is 4.92 Å². The summed E-state index contributed by atoms with van der Waals surface area (Å²) in [7, 11) is 5.71. The second kappa shape index (κ2) is 12.4. The van der Waals surface area contributed by atoms with Gasteiger partial charge >= 0.3 is 5.82 Å². The molecule has 0 aliphatic carbocycles. The maximum Gasteiger partial charge on any atom is 0.390 e. The first-order valence-electron chi connectivity index (χ1n) is 11.6. The molecule has 0 radical (unpaired) electrons. The number of aromatic nitrogens is 4. The number of quaternary nitrogens is 1. The first-order chi connectivity index (χ1) is 17.6. The molecule has 0 unspecified atom stereocenters. The molecule has 2 N–H and O–H groups in total. The zero-order valence-corrected chi connectivity index (χ0v) is 24.4. The molecule has 0 aliphatic heterocycles. The maximum absolute atomic E-state index is 12.7. The predicted molar refractivity (Wildman–Crippen MR) is 145 cm³/mol. The summed E-state index contributed by atoms with van der Waals surface area (Å²) >= 11 is 3.47. The van der Waals surface area contributed by atoms with E-state index in [0.29, 0.717) is 47.6 Å². The number of hydrogen-bond acceptors (Lipinski definition) is 7. The molecule has 200 valence electrons. The quantitative estimate of drug-likeness (QED) is 0.153. The van der Waals surface area contributed by atoms with E-state index in [-0.39, 0.29) is 28.7 Å². The van der Waals surface area contributed by atoms with E-state index in [1.165, 1.54) is 12.7 Å². The second-order valence-corrected chi connectivity index (χ2v) is 10.4. The average Bonchev–Trinajstić information content (AvgIpc) is 3.19. The van der Waals surface area contributed by atoms with Crippen LogP contribution in [0.4, 0.5) is 23.0 Å². The van der Waals surface area contributed by atoms with E-state index in [4.69, 9.17) is 0 Å². The standard InChI is InChI=1S/C25H27BrN8O3.BrH/c1-32-16-29-25(33(36)37)22(32)14-34(2,3)11-5-8-23(35)30-19-9-10-21-20(13-19)24(28-15-27-21)31-18-7-4-6-17(26)12-18;/h4,6-7,9-10,12-13,15-16H,5,8,11,14H2,1-3H3,(H-,27,28,30,31,35);1H. The topological polar surface area (TPSA) is 128 Å². The first-order valence-corrected chi connectivity index (χ1v) is 12.4. The average molecular weight is 648 g/mol. The van der Waals surface area contributed by atoms with Crippen LogP contribution in [0.5, 0.6) is 0 Å². The highest BCUT2D eigenvalue weighted by Gasteiger charge is 2.27. The number of carbonyl (C=O) groups is 1. The lowest BCUT2D eigenvalue weighted by Crippen LogP contribution is -3.00. The van der Waals surface area contributed by atoms with Crippen molar-refractivity contribution in [2.75, 3.05) is 31.3 Å². The Morgan fingerprint density at radius 3 is 2.66 bits per heavy atom. The van der Waals surface area contributed by atoms with E-state index in [1.807, 2.05) is 56.6 Å². The van der Waals surface area contributed by atoms with Crippen LogP contribution in [0, 0.1) is 10.1 Å². The van der Waals surface area contributed by atoms with Gasteiger partial charge in [-0.1, -0.05) is 22.0 Å². The fraction of sp³-hybridized carbons (Fsp3) is 0.280. The molecule has 0 aliphatic rings. The van der Waals surface area contributed by atoms with Crippen molar-refractivity contribution in [1.82, 2.24) is 19.5 Å². The van der Waals surface area contributed by atoms with Gasteiger partial charge in [0.1, 0.15) is 18.7 Å². The number of benzene rings is 2. The monoisotopic (exact) mass is 646 g/mol. The Kier molecular flexibility index (Phi) is 9.52. The van der Waals surface area contributed by atoms with E-state index >= 15 is 0 Å². The molecule has 0 spiro atoms. The minimum absolute atomic E-state index is 0. The fourth-order valence-electron chi connectivity index (χ4n) is 4.09. The van der Waals surface area contributed by atoms with Gasteiger partial charge < -0.3 is 46.8 Å². The van der Waals surface area contributed by atoms with Gasteiger partial charge in [-0.15, -0.1) is 0 Å². The van der Waals surface area contributed by atoms with Gasteiger partial charge in [0.15, 0.2) is 5.69 Å². The molecule has 2 aromatic carbocycles. The van der Waals surface area contributed by atoms with Crippen LogP contribution in [0.1, 0.15) is 18.5 Å². The van der Waals surface area contributed by atoms with Crippen LogP contribution >= 0.6 is 15.9 Å². The number of amides is 1. The number of hydrogen-bond donors (Lipinski definition) is 2. The molecule has 0 bridgehead atoms. The van der Waals surface area contributed by atoms with Crippen LogP contribution in [-0.2, 0) is 18.4 Å². The number of nitro groups is 1. The number of halogens is 2. The minimum Gasteiger partial charge on any atom is -1.00 e. The number of rotatable bonds is 10. The van der Waals surface area contributed by atoms with Gasteiger partial charge in [-0.25, -0.2) is 9.97 Å². The van der Waals surface area contributed by atoms with E-state index in [9.17, 15) is 14.9 Å². The highest BCUT2D eigenvalue weighted by molar-refractivity contribution is 9.10. The van der Waals surface area contributed by atoms with Crippen molar-refractivity contribution < 1.29 is 31.2 Å². The van der Waals surface area contributed by atoms with E-state index in [1.54, 1.807) is 11.6 Å². The Hall–Kier alpha value is -3.42. The number of nitrogens with one attached hydrogen (secondary N) is 2. The molecule has 13 heteroatoms. The van der Waals surface area contributed by atoms with Gasteiger partial charge in [-0.3, -0.25) is 4.79 Å². The van der Waals surface area contributed by atoms with Gasteiger partial charge in [0.25, 0.3) is 0 Å². The third-order valence-electron chi connectivity index (χ3n) is 5.96. The van der Waals surface area contributed by atoms with Crippen LogP contribution in [0.3, 0.4) is 0 Å². The molecule has 0 fully saturated rings. The number of aryl methyl sites for hydroxylation is 1. The van der Waals surface area contributed by atoms with Gasteiger partial charge in [0.05, 0.1) is 26.2 Å². The summed E-state index contributed by atoms with van der Waals surface area (Å²) < 4.78 is 3.11. The second-order valence-electron chi connectivity index (χ2n) is 9.44. The summed E-state index contributed by atoms with van der Waals surface area (Å²) in [5, 5.41) is 18.3. The Morgan fingerprint density at radius 1 is 1.13 bits per heavy atom. The lowest BCUT2D eigenvalue weighted by atomic mass is 10.2. The highest BCUT2D eigenvalue weighted by atomic mass is 79.9. The summed E-state index contributed by atoms with van der Waals surface area (Å²) in [6.45, 7) is 1.11. The predicted octanol–water partition coefficient (Wildman–Crippen LogP) is 1.78. The smallest absolute Gasteiger partial charge is 0.390 e. The molecule has 4 aromatic rings. The number of imidazole rings is 1. The van der Waals surface area contributed by atoms with E-state index in [0.717, 1.165) is 21.1 Å². The number of anilines is 3. The molecular formula is C25H28Br2N8O3. The zero-order valence-electron chi connectivity index (χ0n) is 21.2. The molecule has 38 heavy (non-hydrogen) atoms. The SMILES string of the molecule is Cn1cnc([N+](=O)[O-])c1C[N+](C)(C)CCCC(=O)Nc1ccc2ncnc(Nc3cccc(Br)c3)c2c1.[Br-]. The normalized spacial score (nSPS) is 11.2. The molecule has 2 aromatic heterocycles. The largest absolute Gasteiger partial charge is 1.00 e. The third-order valence-corrected chi connectivity index (χ3v) is 6.45. The summed E-state index contributed by atoms with van der Waals surface area (Å²) in [6, 6.07) is 13.3. The lowest BCUT2D eigenvalue weighted by Gasteiger charge is -2.29. The Labute approximate surface area is 238 Å². The molecule has 4 rings (SSSR count). The molecular weight excluding hydrogens is 620 g/mol. The molecule has 2 heterocycles. The summed E-state index contributed by atoms with van der Waals surface area (Å²) in [4.78, 5) is 36.1. The molecule has 0 atom stereocenters. The molecule has 0 saturated heterocycles. The Morgan fingerprint density at radius 2 is 1.92 bits per heavy atom. The molecule has 1 amide bonds. The van der Waals surface area contributed by atoms with Crippen molar-refractivity contribution >= 4 is 55.8 Å². The van der Waals surface area contributed by atoms with Crippen molar-refractivity contribution in [3.63, 3.8) is 0 Å². The van der Waals surface area contributed by atoms with Crippen molar-refractivity contribution in [1.29, 1.82) is 0 Å². The fourth-order valence-corrected chi connectivity index (χ4v) is 4.49. The molecule has 0 saturated carbocycles. The van der Waals surface area contributed by atoms with Crippen molar-refractivity contribution in [2.45, 2.75) is 19.4 Å². The van der Waals surface area contributed by atoms with Gasteiger partial charge in [0.2, 0.25) is 12.2 Å². The Bertz CT molecular complexity index is 1460. The first kappa shape index (κ1) is 29.1. The van der Waals surface area contributed by atoms with Gasteiger partial charge in [0, 0.05) is 41.1 Å². The third kappa shape index (κ3) is 7.33. The van der Waals surface area contributed by atoms with E-state index in [2.05, 4.69) is 41.5 Å². The van der Waals surface area contributed by atoms with Crippen molar-refractivity contribution in [2.24, 2.45) is 7.05 Å². The number of carbonyl (C=O) groups excluding carboxylic acids is 1. The minimum atomic E-state index is -0.461. The van der Waals surface area contributed by atoms with Crippen LogP contribution in [0.25, 0.3) is 10.9 Å². The highest BCUT2D eigenvalue weighted by Crippen LogP contribution is 2.27. The maximum atomic E-state index is 12.7. The zero-order chi connectivity index (χ0) is 26.6. The number of nitrogens with zero attached hydrogens (tertiary/aromatic N) is 6. The van der Waals surface area contributed by atoms with Gasteiger partial charge in [-0.05, 0) is 46.3 Å².